The van der Waals surface area contributed by atoms with Crippen LogP contribution in [0.25, 0.3) is 0 Å². The summed E-state index contributed by atoms with van der Waals surface area (Å²) in [5.74, 6) is -1.63. The molecule has 0 aliphatic rings. The molecule has 10 heteroatoms. The third-order valence-corrected chi connectivity index (χ3v) is 3.64. The predicted octanol–water partition coefficient (Wildman–Crippen LogP) is 1.69. The molecule has 0 saturated carbocycles. The van der Waals surface area contributed by atoms with Gasteiger partial charge < -0.3 is 5.32 Å². The summed E-state index contributed by atoms with van der Waals surface area (Å²) < 4.78 is 0. The van der Waals surface area contributed by atoms with Gasteiger partial charge in [-0.3, -0.25) is 35.3 Å². The lowest BCUT2D eigenvalue weighted by atomic mass is 10.2. The monoisotopic (exact) mass is 348 g/mol. The molecule has 0 fully saturated rings. The number of benzene rings is 1. The van der Waals surface area contributed by atoms with Gasteiger partial charge in [-0.25, -0.2) is 0 Å². The molecular weight excluding hydrogens is 336 g/mol. The number of thiophene rings is 1. The van der Waals surface area contributed by atoms with Crippen LogP contribution >= 0.6 is 11.3 Å². The van der Waals surface area contributed by atoms with Crippen LogP contribution in [0.5, 0.6) is 0 Å². The fourth-order valence-electron chi connectivity index (χ4n) is 1.73. The molecule has 0 radical (unpaired) electrons. The van der Waals surface area contributed by atoms with Crippen molar-refractivity contribution in [3.63, 3.8) is 0 Å². The Hall–Kier alpha value is -3.27. The quantitative estimate of drug-likeness (QED) is 0.572. The van der Waals surface area contributed by atoms with E-state index in [0.717, 1.165) is 17.4 Å². The van der Waals surface area contributed by atoms with Crippen molar-refractivity contribution in [1.29, 1.82) is 0 Å². The predicted molar refractivity (Wildman–Crippen MR) is 86.7 cm³/mol. The van der Waals surface area contributed by atoms with Gasteiger partial charge in [-0.1, -0.05) is 6.07 Å². The molecule has 0 aliphatic carbocycles. The number of nitro benzene ring substituents is 1. The Labute approximate surface area is 139 Å². The number of hydrogen-bond donors (Lipinski definition) is 3. The number of amides is 3. The van der Waals surface area contributed by atoms with Crippen molar-refractivity contribution in [3.8, 4) is 0 Å². The van der Waals surface area contributed by atoms with Crippen LogP contribution < -0.4 is 16.2 Å². The largest absolute Gasteiger partial charge is 0.313 e. The average Bonchev–Trinajstić information content (AvgIpc) is 3.00. The first-order valence-corrected chi connectivity index (χ1v) is 7.46. The summed E-state index contributed by atoms with van der Waals surface area (Å²) in [6.45, 7) is 1.24. The summed E-state index contributed by atoms with van der Waals surface area (Å²) in [5.41, 5.74) is 4.37. The van der Waals surface area contributed by atoms with E-state index in [1.165, 1.54) is 31.2 Å². The van der Waals surface area contributed by atoms with E-state index in [-0.39, 0.29) is 21.8 Å². The third-order valence-electron chi connectivity index (χ3n) is 2.81. The van der Waals surface area contributed by atoms with Crippen molar-refractivity contribution in [1.82, 2.24) is 10.9 Å². The molecule has 3 amide bonds. The van der Waals surface area contributed by atoms with Crippen LogP contribution in [0.2, 0.25) is 0 Å². The first-order valence-electron chi connectivity index (χ1n) is 6.58. The third kappa shape index (κ3) is 4.14. The lowest BCUT2D eigenvalue weighted by Crippen LogP contribution is -2.40. The Bertz CT molecular complexity index is 817. The molecule has 9 nitrogen and oxygen atoms in total. The van der Waals surface area contributed by atoms with Crippen LogP contribution in [-0.2, 0) is 4.79 Å². The topological polar surface area (TPSA) is 130 Å². The molecule has 2 aromatic rings. The molecule has 0 unspecified atom stereocenters. The number of hydrazine groups is 1. The van der Waals surface area contributed by atoms with E-state index < -0.39 is 22.6 Å². The number of nitro groups is 1. The average molecular weight is 348 g/mol. The van der Waals surface area contributed by atoms with Gasteiger partial charge >= 0.3 is 0 Å². The van der Waals surface area contributed by atoms with Crippen LogP contribution in [0, 0.1) is 10.1 Å². The molecule has 2 rings (SSSR count). The van der Waals surface area contributed by atoms with Crippen LogP contribution in [-0.4, -0.2) is 22.6 Å². The van der Waals surface area contributed by atoms with Gasteiger partial charge in [0.25, 0.3) is 17.5 Å². The fraction of sp³-hybridized carbons (Fsp3) is 0.0714. The Balaban J connectivity index is 2.14. The second-order valence-electron chi connectivity index (χ2n) is 4.56. The van der Waals surface area contributed by atoms with E-state index in [1.807, 2.05) is 0 Å². The minimum absolute atomic E-state index is 0.0887. The van der Waals surface area contributed by atoms with Crippen molar-refractivity contribution in [2.75, 3.05) is 5.32 Å². The maximum Gasteiger partial charge on any atom is 0.272 e. The van der Waals surface area contributed by atoms with E-state index >= 15 is 0 Å². The van der Waals surface area contributed by atoms with E-state index in [2.05, 4.69) is 16.2 Å². The lowest BCUT2D eigenvalue weighted by Gasteiger charge is -2.07. The van der Waals surface area contributed by atoms with Gasteiger partial charge in [0.15, 0.2) is 0 Å². The second-order valence-corrected chi connectivity index (χ2v) is 5.48. The summed E-state index contributed by atoms with van der Waals surface area (Å²) in [5, 5.41) is 15.1. The number of nitrogens with zero attached hydrogens (tertiary/aromatic N) is 1. The SMILES string of the molecule is CC(=O)NNC(=O)c1ccsc1NC(=O)c1cccc([N+](=O)[O-])c1. The molecule has 0 atom stereocenters. The molecule has 0 spiro atoms. The first kappa shape index (κ1) is 17.1. The molecule has 1 aromatic heterocycles. The molecular formula is C14H12N4O5S. The lowest BCUT2D eigenvalue weighted by molar-refractivity contribution is -0.384. The van der Waals surface area contributed by atoms with Gasteiger partial charge in [-0.2, -0.15) is 0 Å². The van der Waals surface area contributed by atoms with Crippen LogP contribution in [0.4, 0.5) is 10.7 Å². The summed E-state index contributed by atoms with van der Waals surface area (Å²) in [6.07, 6.45) is 0. The van der Waals surface area contributed by atoms with Crippen molar-refractivity contribution < 1.29 is 19.3 Å². The number of carbonyl (C=O) groups is 3. The number of non-ortho nitro benzene ring substituents is 1. The fourth-order valence-corrected chi connectivity index (χ4v) is 2.51. The molecule has 124 valence electrons. The zero-order chi connectivity index (χ0) is 17.7. The number of rotatable bonds is 4. The maximum atomic E-state index is 12.2. The van der Waals surface area contributed by atoms with Crippen molar-refractivity contribution in [2.45, 2.75) is 6.92 Å². The summed E-state index contributed by atoms with van der Waals surface area (Å²) in [6, 6.07) is 6.71. The van der Waals surface area contributed by atoms with E-state index in [9.17, 15) is 24.5 Å². The van der Waals surface area contributed by atoms with Gasteiger partial charge in [-0.15, -0.1) is 11.3 Å². The standard InChI is InChI=1S/C14H12N4O5S/c1-8(19)16-17-13(21)11-5-6-24-14(11)15-12(20)9-3-2-4-10(7-9)18(22)23/h2-7H,1H3,(H,15,20)(H,16,19)(H,17,21). The summed E-state index contributed by atoms with van der Waals surface area (Å²) >= 11 is 1.11. The smallest absolute Gasteiger partial charge is 0.272 e. The maximum absolute atomic E-state index is 12.2. The normalized spacial score (nSPS) is 9.88. The molecule has 0 bridgehead atoms. The minimum Gasteiger partial charge on any atom is -0.313 e. The molecule has 0 saturated heterocycles. The Kier molecular flexibility index (Phi) is 5.22. The first-order chi connectivity index (χ1) is 11.4. The highest BCUT2D eigenvalue weighted by Crippen LogP contribution is 2.24. The highest BCUT2D eigenvalue weighted by atomic mass is 32.1. The number of carbonyl (C=O) groups excluding carboxylic acids is 3. The highest BCUT2D eigenvalue weighted by molar-refractivity contribution is 7.14. The number of hydrogen-bond acceptors (Lipinski definition) is 6. The molecule has 24 heavy (non-hydrogen) atoms. The van der Waals surface area contributed by atoms with E-state index in [1.54, 1.807) is 5.38 Å². The zero-order valence-corrected chi connectivity index (χ0v) is 13.2. The van der Waals surface area contributed by atoms with E-state index in [0.29, 0.717) is 0 Å². The Morgan fingerprint density at radius 1 is 1.12 bits per heavy atom. The van der Waals surface area contributed by atoms with Crippen molar-refractivity contribution in [2.24, 2.45) is 0 Å². The Morgan fingerprint density at radius 2 is 1.88 bits per heavy atom. The Morgan fingerprint density at radius 3 is 2.54 bits per heavy atom. The van der Waals surface area contributed by atoms with Gasteiger partial charge in [0, 0.05) is 24.6 Å². The zero-order valence-electron chi connectivity index (χ0n) is 12.4. The molecule has 1 heterocycles. The highest BCUT2D eigenvalue weighted by Gasteiger charge is 2.17. The van der Waals surface area contributed by atoms with Crippen molar-refractivity contribution >= 4 is 39.7 Å². The van der Waals surface area contributed by atoms with Gasteiger partial charge in [0.1, 0.15) is 5.00 Å². The van der Waals surface area contributed by atoms with E-state index in [4.69, 9.17) is 0 Å². The summed E-state index contributed by atoms with van der Waals surface area (Å²) in [7, 11) is 0. The second kappa shape index (κ2) is 7.33. The van der Waals surface area contributed by atoms with Crippen LogP contribution in [0.1, 0.15) is 27.6 Å². The van der Waals surface area contributed by atoms with Crippen LogP contribution in [0.3, 0.4) is 0 Å². The summed E-state index contributed by atoms with van der Waals surface area (Å²) in [4.78, 5) is 45.1. The molecule has 3 N–H and O–H groups in total. The van der Waals surface area contributed by atoms with Gasteiger partial charge in [0.05, 0.1) is 10.5 Å². The van der Waals surface area contributed by atoms with Gasteiger partial charge in [-0.05, 0) is 17.5 Å². The molecule has 0 aliphatic heterocycles. The van der Waals surface area contributed by atoms with Crippen LogP contribution in [0.15, 0.2) is 35.7 Å². The minimum atomic E-state index is -0.603. The number of anilines is 1. The molecule has 1 aromatic carbocycles. The number of nitrogens with one attached hydrogen (secondary N) is 3. The van der Waals surface area contributed by atoms with Crippen molar-refractivity contribution in [3.05, 3.63) is 57.0 Å². The van der Waals surface area contributed by atoms with Gasteiger partial charge in [0.2, 0.25) is 5.91 Å².